The number of esters is 2. The second-order valence-corrected chi connectivity index (χ2v) is 2.85. The predicted molar refractivity (Wildman–Crippen MR) is 51.8 cm³/mol. The highest BCUT2D eigenvalue weighted by Crippen LogP contribution is 2.18. The molecule has 4 heteroatoms. The maximum absolute atomic E-state index is 11.3. The third-order valence-corrected chi connectivity index (χ3v) is 1.75. The van der Waals surface area contributed by atoms with E-state index in [9.17, 15) is 9.59 Å². The van der Waals surface area contributed by atoms with E-state index < -0.39 is 18.0 Å². The zero-order valence-corrected chi connectivity index (χ0v) is 8.52. The number of carbonyl (C=O) groups is 2. The average Bonchev–Trinajstić information content (AvgIpc) is 2.26. The van der Waals surface area contributed by atoms with Crippen LogP contribution in [0, 0.1) is 6.07 Å². The lowest BCUT2D eigenvalue weighted by atomic mass is 10.1. The molecular weight excluding hydrogens is 196 g/mol. The van der Waals surface area contributed by atoms with Crippen LogP contribution in [0.4, 0.5) is 0 Å². The Bertz CT molecular complexity index is 345. The molecule has 0 heterocycles. The normalized spacial score (nSPS) is 11.6. The molecule has 4 nitrogen and oxygen atoms in total. The second kappa shape index (κ2) is 5.14. The quantitative estimate of drug-likeness (QED) is 0.700. The number of rotatable bonds is 3. The van der Waals surface area contributed by atoms with Crippen molar-refractivity contribution in [3.05, 3.63) is 35.9 Å². The molecule has 0 saturated heterocycles. The highest BCUT2D eigenvalue weighted by atomic mass is 16.6. The molecular formula is C11H11O4. The molecule has 0 bridgehead atoms. The summed E-state index contributed by atoms with van der Waals surface area (Å²) in [7, 11) is 1.24. The van der Waals surface area contributed by atoms with E-state index in [2.05, 4.69) is 10.8 Å². The molecule has 1 radical (unpaired) electrons. The van der Waals surface area contributed by atoms with Gasteiger partial charge in [-0.3, -0.25) is 4.79 Å². The SMILES string of the molecule is COC(=O)C(OC(C)=O)c1cc[c]cc1. The van der Waals surface area contributed by atoms with E-state index in [1.54, 1.807) is 24.3 Å². The standard InChI is InChI=1S/C11H11O4/c1-8(12)15-10(11(13)14-2)9-6-4-3-5-7-9/h4-7,10H,1-2H3. The molecule has 1 unspecified atom stereocenters. The van der Waals surface area contributed by atoms with E-state index in [0.29, 0.717) is 5.56 Å². The lowest BCUT2D eigenvalue weighted by Gasteiger charge is -2.14. The monoisotopic (exact) mass is 207 g/mol. The number of ether oxygens (including phenoxy) is 2. The van der Waals surface area contributed by atoms with Crippen LogP contribution in [0.25, 0.3) is 0 Å². The van der Waals surface area contributed by atoms with Crippen molar-refractivity contribution < 1.29 is 19.1 Å². The van der Waals surface area contributed by atoms with Gasteiger partial charge in [0, 0.05) is 12.5 Å². The highest BCUT2D eigenvalue weighted by molar-refractivity contribution is 5.79. The van der Waals surface area contributed by atoms with E-state index in [1.807, 2.05) is 0 Å². The molecule has 1 rings (SSSR count). The molecule has 0 spiro atoms. The summed E-state index contributed by atoms with van der Waals surface area (Å²) in [5, 5.41) is 0. The Balaban J connectivity index is 2.91. The summed E-state index contributed by atoms with van der Waals surface area (Å²) in [6, 6.07) is 9.36. The molecule has 1 atom stereocenters. The molecule has 0 aliphatic rings. The Labute approximate surface area is 87.8 Å². The van der Waals surface area contributed by atoms with Gasteiger partial charge < -0.3 is 9.47 Å². The summed E-state index contributed by atoms with van der Waals surface area (Å²) in [6.07, 6.45) is -0.998. The topological polar surface area (TPSA) is 52.6 Å². The lowest BCUT2D eigenvalue weighted by molar-refractivity contribution is -0.165. The average molecular weight is 207 g/mol. The molecule has 1 aromatic rings. The van der Waals surface area contributed by atoms with E-state index in [1.165, 1.54) is 14.0 Å². The molecule has 0 fully saturated rings. The fourth-order valence-electron chi connectivity index (χ4n) is 1.10. The van der Waals surface area contributed by atoms with Crippen molar-refractivity contribution in [1.29, 1.82) is 0 Å². The van der Waals surface area contributed by atoms with E-state index in [-0.39, 0.29) is 0 Å². The molecule has 15 heavy (non-hydrogen) atoms. The summed E-state index contributed by atoms with van der Waals surface area (Å²) in [4.78, 5) is 22.1. The maximum atomic E-state index is 11.3. The Morgan fingerprint density at radius 1 is 1.33 bits per heavy atom. The van der Waals surface area contributed by atoms with Crippen molar-refractivity contribution in [1.82, 2.24) is 0 Å². The largest absolute Gasteiger partial charge is 0.466 e. The van der Waals surface area contributed by atoms with Crippen LogP contribution >= 0.6 is 0 Å². The van der Waals surface area contributed by atoms with Gasteiger partial charge in [0.1, 0.15) is 0 Å². The number of methoxy groups -OCH3 is 1. The fourth-order valence-corrected chi connectivity index (χ4v) is 1.10. The summed E-state index contributed by atoms with van der Waals surface area (Å²) in [6.45, 7) is 1.24. The second-order valence-electron chi connectivity index (χ2n) is 2.85. The number of carbonyl (C=O) groups excluding carboxylic acids is 2. The van der Waals surface area contributed by atoms with Crippen LogP contribution < -0.4 is 0 Å². The smallest absolute Gasteiger partial charge is 0.351 e. The first-order valence-corrected chi connectivity index (χ1v) is 4.36. The van der Waals surface area contributed by atoms with E-state index in [4.69, 9.17) is 4.74 Å². The Morgan fingerprint density at radius 2 is 1.93 bits per heavy atom. The summed E-state index contributed by atoms with van der Waals surface area (Å²) < 4.78 is 9.40. The van der Waals surface area contributed by atoms with Gasteiger partial charge in [-0.25, -0.2) is 4.79 Å². The molecule has 0 amide bonds. The molecule has 0 aliphatic heterocycles. The van der Waals surface area contributed by atoms with Gasteiger partial charge in [0.2, 0.25) is 6.10 Å². The van der Waals surface area contributed by atoms with Gasteiger partial charge in [0.05, 0.1) is 7.11 Å². The molecule has 1 aromatic carbocycles. The highest BCUT2D eigenvalue weighted by Gasteiger charge is 2.23. The van der Waals surface area contributed by atoms with Gasteiger partial charge in [-0.05, 0) is 6.07 Å². The third kappa shape index (κ3) is 3.09. The molecule has 0 N–H and O–H groups in total. The van der Waals surface area contributed by atoms with Crippen LogP contribution in [0.5, 0.6) is 0 Å². The van der Waals surface area contributed by atoms with Crippen LogP contribution in [0.1, 0.15) is 18.6 Å². The molecule has 0 saturated carbocycles. The molecule has 0 aliphatic carbocycles. The van der Waals surface area contributed by atoms with Crippen molar-refractivity contribution in [3.8, 4) is 0 Å². The van der Waals surface area contributed by atoms with Gasteiger partial charge in [0.25, 0.3) is 0 Å². The van der Waals surface area contributed by atoms with Crippen molar-refractivity contribution in [2.75, 3.05) is 7.11 Å². The third-order valence-electron chi connectivity index (χ3n) is 1.75. The Morgan fingerprint density at radius 3 is 2.40 bits per heavy atom. The zero-order chi connectivity index (χ0) is 11.3. The zero-order valence-electron chi connectivity index (χ0n) is 8.52. The summed E-state index contributed by atoms with van der Waals surface area (Å²) >= 11 is 0. The summed E-state index contributed by atoms with van der Waals surface area (Å²) in [5.41, 5.74) is 0.566. The maximum Gasteiger partial charge on any atom is 0.351 e. The Hall–Kier alpha value is -1.84. The van der Waals surface area contributed by atoms with Gasteiger partial charge >= 0.3 is 11.9 Å². The summed E-state index contributed by atoms with van der Waals surface area (Å²) in [5.74, 6) is -1.13. The van der Waals surface area contributed by atoms with Crippen LogP contribution in [0.3, 0.4) is 0 Å². The minimum Gasteiger partial charge on any atom is -0.466 e. The van der Waals surface area contributed by atoms with E-state index >= 15 is 0 Å². The van der Waals surface area contributed by atoms with Crippen LogP contribution in [0.2, 0.25) is 0 Å². The minimum atomic E-state index is -0.998. The number of benzene rings is 1. The predicted octanol–water partition coefficient (Wildman–Crippen LogP) is 1.26. The van der Waals surface area contributed by atoms with Crippen LogP contribution in [-0.2, 0) is 19.1 Å². The van der Waals surface area contributed by atoms with Gasteiger partial charge in [-0.15, -0.1) is 0 Å². The van der Waals surface area contributed by atoms with Crippen molar-refractivity contribution >= 4 is 11.9 Å². The Kier molecular flexibility index (Phi) is 3.85. The first kappa shape index (κ1) is 11.2. The fraction of sp³-hybridized carbons (Fsp3) is 0.273. The van der Waals surface area contributed by atoms with Gasteiger partial charge in [-0.1, -0.05) is 24.3 Å². The molecule has 0 aromatic heterocycles. The van der Waals surface area contributed by atoms with Crippen molar-refractivity contribution in [3.63, 3.8) is 0 Å². The van der Waals surface area contributed by atoms with Crippen LogP contribution in [-0.4, -0.2) is 19.0 Å². The van der Waals surface area contributed by atoms with Crippen molar-refractivity contribution in [2.45, 2.75) is 13.0 Å². The van der Waals surface area contributed by atoms with E-state index in [0.717, 1.165) is 0 Å². The van der Waals surface area contributed by atoms with Crippen molar-refractivity contribution in [2.24, 2.45) is 0 Å². The van der Waals surface area contributed by atoms with Crippen LogP contribution in [0.15, 0.2) is 24.3 Å². The number of hydrogen-bond acceptors (Lipinski definition) is 4. The first-order chi connectivity index (χ1) is 7.15. The molecule has 79 valence electrons. The minimum absolute atomic E-state index is 0.529. The lowest BCUT2D eigenvalue weighted by Crippen LogP contribution is -2.19. The number of hydrogen-bond donors (Lipinski definition) is 0. The van der Waals surface area contributed by atoms with Gasteiger partial charge in [-0.2, -0.15) is 0 Å². The first-order valence-electron chi connectivity index (χ1n) is 4.36. The van der Waals surface area contributed by atoms with Gasteiger partial charge in [0.15, 0.2) is 0 Å².